The third-order valence-corrected chi connectivity index (χ3v) is 6.90. The van der Waals surface area contributed by atoms with Gasteiger partial charge in [0.25, 0.3) is 0 Å². The van der Waals surface area contributed by atoms with E-state index in [2.05, 4.69) is 78.2 Å². The summed E-state index contributed by atoms with van der Waals surface area (Å²) >= 11 is 0. The molecule has 0 unspecified atom stereocenters. The van der Waals surface area contributed by atoms with Crippen molar-refractivity contribution >= 4 is 5.91 Å². The van der Waals surface area contributed by atoms with Gasteiger partial charge in [0.1, 0.15) is 0 Å². The zero-order chi connectivity index (χ0) is 25.0. The Balaban J connectivity index is 2.16. The molecule has 1 amide bonds. The summed E-state index contributed by atoms with van der Waals surface area (Å²) in [6.45, 7) is 25.8. The van der Waals surface area contributed by atoms with Gasteiger partial charge in [0.2, 0.25) is 5.91 Å². The van der Waals surface area contributed by atoms with E-state index >= 15 is 0 Å². The van der Waals surface area contributed by atoms with Crippen LogP contribution in [0.5, 0.6) is 0 Å². The van der Waals surface area contributed by atoms with E-state index in [4.69, 9.17) is 0 Å². The molecule has 0 spiro atoms. The third-order valence-electron chi connectivity index (χ3n) is 6.90. The maximum Gasteiger partial charge on any atom is 0.247 e. The lowest BCUT2D eigenvalue weighted by molar-refractivity contribution is -0.117. The smallest absolute Gasteiger partial charge is 0.247 e. The first-order valence-corrected chi connectivity index (χ1v) is 12.0. The molecule has 1 N–H and O–H groups in total. The van der Waals surface area contributed by atoms with Crippen molar-refractivity contribution in [1.82, 2.24) is 5.32 Å². The summed E-state index contributed by atoms with van der Waals surface area (Å²) in [4.78, 5) is 12.5. The molecule has 0 radical (unpaired) electrons. The van der Waals surface area contributed by atoms with E-state index in [1.165, 1.54) is 40.7 Å². The molecule has 1 aromatic carbocycles. The van der Waals surface area contributed by atoms with Crippen molar-refractivity contribution in [2.24, 2.45) is 0 Å². The molecule has 2 nitrogen and oxygen atoms in total. The highest BCUT2D eigenvalue weighted by Crippen LogP contribution is 2.46. The van der Waals surface area contributed by atoms with E-state index in [0.717, 1.165) is 17.6 Å². The summed E-state index contributed by atoms with van der Waals surface area (Å²) in [5.41, 5.74) is 10.0. The molecule has 0 atom stereocenters. The lowest BCUT2D eigenvalue weighted by atomic mass is 9.62. The molecule has 0 fully saturated rings. The average Bonchev–Trinajstić information content (AvgIpc) is 2.73. The summed E-state index contributed by atoms with van der Waals surface area (Å²) in [5, 5.41) is 2.96. The predicted octanol–water partition coefficient (Wildman–Crippen LogP) is 7.58. The molecule has 0 saturated carbocycles. The van der Waals surface area contributed by atoms with Gasteiger partial charge in [0.15, 0.2) is 0 Å². The fourth-order valence-corrected chi connectivity index (χ4v) is 4.48. The average molecular weight is 446 g/mol. The van der Waals surface area contributed by atoms with Crippen molar-refractivity contribution in [2.75, 3.05) is 6.54 Å². The second-order valence-corrected chi connectivity index (χ2v) is 11.1. The van der Waals surface area contributed by atoms with Crippen LogP contribution >= 0.6 is 0 Å². The van der Waals surface area contributed by atoms with E-state index in [1.54, 1.807) is 6.08 Å². The number of fused-ring (bicyclic) bond motifs is 1. The normalized spacial score (nSPS) is 17.9. The minimum Gasteiger partial charge on any atom is -0.348 e. The molecule has 0 saturated heterocycles. The standard InChI is InChI=1S/C31H43NO/c1-11-25(16-21(2)3)20-32-29(33)23(5)13-12-22(4)17-26-19-28-27(18-24(26)6)30(7,8)14-15-31(28,9)10/h11-13,16,18-19H,1-2,14-15,17,20H2,3-10H3,(H,32,33)/b22-12+,23-13+,25-16+. The molecular weight excluding hydrogens is 402 g/mol. The predicted molar refractivity (Wildman–Crippen MR) is 144 cm³/mol. The van der Waals surface area contributed by atoms with Gasteiger partial charge < -0.3 is 5.32 Å². The Bertz CT molecular complexity index is 1030. The first-order chi connectivity index (χ1) is 15.3. The summed E-state index contributed by atoms with van der Waals surface area (Å²) in [5.74, 6) is -0.0672. The molecule has 0 aromatic heterocycles. The Labute approximate surface area is 202 Å². The van der Waals surface area contributed by atoms with Crippen LogP contribution in [-0.4, -0.2) is 12.5 Å². The Kier molecular flexibility index (Phi) is 8.52. The van der Waals surface area contributed by atoms with Gasteiger partial charge >= 0.3 is 0 Å². The Morgan fingerprint density at radius 1 is 1.03 bits per heavy atom. The Hall–Kier alpha value is -2.61. The van der Waals surface area contributed by atoms with Crippen molar-refractivity contribution in [1.29, 1.82) is 0 Å². The van der Waals surface area contributed by atoms with Gasteiger partial charge in [-0.05, 0) is 85.6 Å². The lowest BCUT2D eigenvalue weighted by Crippen LogP contribution is -2.34. The maximum atomic E-state index is 12.5. The van der Waals surface area contributed by atoms with Crippen LogP contribution in [-0.2, 0) is 22.0 Å². The van der Waals surface area contributed by atoms with Gasteiger partial charge in [-0.3, -0.25) is 4.79 Å². The molecule has 0 heterocycles. The van der Waals surface area contributed by atoms with Crippen molar-refractivity contribution in [3.05, 3.63) is 94.1 Å². The number of benzene rings is 1. The van der Waals surface area contributed by atoms with Crippen molar-refractivity contribution in [3.63, 3.8) is 0 Å². The second kappa shape index (κ2) is 10.5. The lowest BCUT2D eigenvalue weighted by Gasteiger charge is -2.42. The van der Waals surface area contributed by atoms with E-state index in [9.17, 15) is 4.79 Å². The molecule has 2 heteroatoms. The molecule has 0 aliphatic heterocycles. The Morgan fingerprint density at radius 3 is 2.15 bits per heavy atom. The summed E-state index contributed by atoms with van der Waals surface area (Å²) in [7, 11) is 0. The van der Waals surface area contributed by atoms with Gasteiger partial charge in [-0.15, -0.1) is 0 Å². The van der Waals surface area contributed by atoms with Gasteiger partial charge in [0.05, 0.1) is 0 Å². The van der Waals surface area contributed by atoms with Gasteiger partial charge in [-0.25, -0.2) is 0 Å². The second-order valence-electron chi connectivity index (χ2n) is 11.1. The zero-order valence-corrected chi connectivity index (χ0v) is 22.1. The SMILES string of the molecule is C=C/C(=C\C(=C)C)CNC(=O)/C(C)=C/C=C(\C)Cc1cc2c(cc1C)C(C)(C)CCC2(C)C. The number of amides is 1. The van der Waals surface area contributed by atoms with Crippen molar-refractivity contribution in [3.8, 4) is 0 Å². The largest absolute Gasteiger partial charge is 0.348 e. The van der Waals surface area contributed by atoms with Gasteiger partial charge in [-0.2, -0.15) is 0 Å². The van der Waals surface area contributed by atoms with Gasteiger partial charge in [-0.1, -0.05) is 88.4 Å². The quantitative estimate of drug-likeness (QED) is 0.324. The summed E-state index contributed by atoms with van der Waals surface area (Å²) in [6, 6.07) is 4.86. The number of carbonyl (C=O) groups is 1. The highest BCUT2D eigenvalue weighted by atomic mass is 16.1. The molecule has 178 valence electrons. The molecule has 1 aliphatic carbocycles. The van der Waals surface area contributed by atoms with Crippen LogP contribution < -0.4 is 5.32 Å². The van der Waals surface area contributed by atoms with Crippen LogP contribution in [0.1, 0.15) is 83.6 Å². The number of carbonyl (C=O) groups excluding carboxylic acids is 1. The van der Waals surface area contributed by atoms with E-state index in [0.29, 0.717) is 12.1 Å². The van der Waals surface area contributed by atoms with E-state index in [1.807, 2.05) is 26.0 Å². The number of hydrogen-bond acceptors (Lipinski definition) is 1. The highest BCUT2D eigenvalue weighted by molar-refractivity contribution is 5.93. The van der Waals surface area contributed by atoms with Gasteiger partial charge in [0, 0.05) is 12.1 Å². The van der Waals surface area contributed by atoms with Crippen molar-refractivity contribution in [2.45, 2.75) is 85.5 Å². The van der Waals surface area contributed by atoms with E-state index < -0.39 is 0 Å². The van der Waals surface area contributed by atoms with Crippen molar-refractivity contribution < 1.29 is 4.79 Å². The number of aryl methyl sites for hydroxylation is 1. The number of allylic oxidation sites excluding steroid dienone is 5. The summed E-state index contributed by atoms with van der Waals surface area (Å²) in [6.07, 6.45) is 11.0. The zero-order valence-electron chi connectivity index (χ0n) is 22.1. The minimum absolute atomic E-state index is 0.0672. The van der Waals surface area contributed by atoms with Crippen LogP contribution in [0.2, 0.25) is 0 Å². The molecule has 0 bridgehead atoms. The van der Waals surface area contributed by atoms with Crippen LogP contribution in [0.25, 0.3) is 0 Å². The van der Waals surface area contributed by atoms with Crippen LogP contribution in [0.3, 0.4) is 0 Å². The topological polar surface area (TPSA) is 29.1 Å². The fourth-order valence-electron chi connectivity index (χ4n) is 4.48. The molecule has 33 heavy (non-hydrogen) atoms. The molecular formula is C31H43NO. The highest BCUT2D eigenvalue weighted by Gasteiger charge is 2.37. The number of rotatable bonds is 8. The first kappa shape index (κ1) is 26.6. The van der Waals surface area contributed by atoms with Crippen LogP contribution in [0.15, 0.2) is 71.9 Å². The maximum absolute atomic E-state index is 12.5. The summed E-state index contributed by atoms with van der Waals surface area (Å²) < 4.78 is 0. The molecule has 2 rings (SSSR count). The fraction of sp³-hybridized carbons (Fsp3) is 0.452. The Morgan fingerprint density at radius 2 is 1.61 bits per heavy atom. The molecule has 1 aliphatic rings. The third kappa shape index (κ3) is 6.93. The van der Waals surface area contributed by atoms with Crippen LogP contribution in [0, 0.1) is 6.92 Å². The number of nitrogens with one attached hydrogen (secondary N) is 1. The monoisotopic (exact) mass is 445 g/mol. The van der Waals surface area contributed by atoms with Crippen LogP contribution in [0.4, 0.5) is 0 Å². The van der Waals surface area contributed by atoms with E-state index in [-0.39, 0.29) is 16.7 Å². The molecule has 1 aromatic rings. The first-order valence-electron chi connectivity index (χ1n) is 12.0. The minimum atomic E-state index is -0.0672. The number of hydrogen-bond donors (Lipinski definition) is 1.